The summed E-state index contributed by atoms with van der Waals surface area (Å²) in [5.74, 6) is -0.746. The average molecular weight is 595 g/mol. The van der Waals surface area contributed by atoms with Crippen LogP contribution < -0.4 is 0 Å². The third kappa shape index (κ3) is 6.85. The number of nitrogens with zero attached hydrogens (tertiary/aromatic N) is 2. The first-order valence-electron chi connectivity index (χ1n) is 13.6. The third-order valence-electron chi connectivity index (χ3n) is 7.26. The molecule has 0 bridgehead atoms. The van der Waals surface area contributed by atoms with Crippen LogP contribution in [0.4, 0.5) is 0 Å². The van der Waals surface area contributed by atoms with Crippen LogP contribution in [0.3, 0.4) is 0 Å². The molecule has 0 spiro atoms. The summed E-state index contributed by atoms with van der Waals surface area (Å²) < 4.78 is 26.9. The Labute approximate surface area is 248 Å². The molecule has 2 aliphatic heterocycles. The molecule has 6 atom stereocenters. The number of hydrogen-bond donors (Lipinski definition) is 0. The molecule has 4 aromatic rings. The topological polar surface area (TPSA) is 62.7 Å². The van der Waals surface area contributed by atoms with Gasteiger partial charge in [0.25, 0.3) is 0 Å². The van der Waals surface area contributed by atoms with Crippen LogP contribution in [0.2, 0.25) is 0 Å². The summed E-state index contributed by atoms with van der Waals surface area (Å²) in [5.41, 5.74) is 6.26. The van der Waals surface area contributed by atoms with Crippen molar-refractivity contribution in [2.24, 2.45) is 0 Å². The fraction of sp³-hybridized carbons (Fsp3) is 0.419. The van der Waals surface area contributed by atoms with Gasteiger partial charge in [-0.15, -0.1) is 34.4 Å². The molecule has 0 unspecified atom stereocenters. The van der Waals surface area contributed by atoms with Crippen molar-refractivity contribution in [1.82, 2.24) is 9.97 Å². The fourth-order valence-corrected chi connectivity index (χ4v) is 8.37. The van der Waals surface area contributed by atoms with Crippen LogP contribution in [0.5, 0.6) is 0 Å². The van der Waals surface area contributed by atoms with Gasteiger partial charge in [0.1, 0.15) is 12.2 Å². The zero-order chi connectivity index (χ0) is 27.4. The van der Waals surface area contributed by atoms with Crippen molar-refractivity contribution >= 4 is 34.4 Å². The Balaban J connectivity index is 1.37. The van der Waals surface area contributed by atoms with Crippen molar-refractivity contribution in [3.63, 3.8) is 0 Å². The van der Waals surface area contributed by atoms with Crippen LogP contribution >= 0.6 is 34.4 Å². The van der Waals surface area contributed by atoms with E-state index in [0.717, 1.165) is 22.6 Å². The summed E-state index contributed by atoms with van der Waals surface area (Å²) in [5, 5.41) is 0.261. The average Bonchev–Trinajstić information content (AvgIpc) is 3.71. The monoisotopic (exact) mass is 594 g/mol. The second-order valence-corrected chi connectivity index (χ2v) is 14.1. The lowest BCUT2D eigenvalue weighted by atomic mass is 9.94. The minimum atomic E-state index is -0.746. The number of hydrogen-bond acceptors (Lipinski definition) is 9. The lowest BCUT2D eigenvalue weighted by Gasteiger charge is -2.31. The highest BCUT2D eigenvalue weighted by molar-refractivity contribution is 8.00. The van der Waals surface area contributed by atoms with E-state index in [1.165, 1.54) is 11.1 Å². The molecule has 2 aromatic heterocycles. The van der Waals surface area contributed by atoms with Gasteiger partial charge >= 0.3 is 0 Å². The number of thioether (sulfide) groups is 1. The predicted octanol–water partition coefficient (Wildman–Crippen LogP) is 6.56. The highest BCUT2D eigenvalue weighted by Gasteiger charge is 2.55. The molecule has 0 saturated carbocycles. The van der Waals surface area contributed by atoms with Crippen LogP contribution in [0.1, 0.15) is 34.7 Å². The Morgan fingerprint density at radius 1 is 0.700 bits per heavy atom. The smallest absolute Gasteiger partial charge is 0.164 e. The largest absolute Gasteiger partial charge is 0.369 e. The fourth-order valence-electron chi connectivity index (χ4n) is 5.54. The van der Waals surface area contributed by atoms with E-state index in [2.05, 4.69) is 70.6 Å². The van der Waals surface area contributed by atoms with E-state index in [1.54, 1.807) is 22.7 Å². The molecule has 0 radical (unpaired) electrons. The van der Waals surface area contributed by atoms with Gasteiger partial charge in [-0.3, -0.25) is 9.97 Å². The van der Waals surface area contributed by atoms with Crippen LogP contribution in [0, 0.1) is 0 Å². The molecule has 40 heavy (non-hydrogen) atoms. The maximum absolute atomic E-state index is 6.78. The molecule has 9 heteroatoms. The van der Waals surface area contributed by atoms with E-state index >= 15 is 0 Å². The molecular weight excluding hydrogens is 561 g/mol. The van der Waals surface area contributed by atoms with E-state index in [1.807, 2.05) is 49.0 Å². The summed E-state index contributed by atoms with van der Waals surface area (Å²) in [7, 11) is 0. The number of benzene rings is 2. The van der Waals surface area contributed by atoms with Crippen LogP contribution in [0.25, 0.3) is 0 Å². The molecular formula is C31H34N2O4S3. The van der Waals surface area contributed by atoms with Crippen LogP contribution in [-0.4, -0.2) is 50.7 Å². The van der Waals surface area contributed by atoms with Gasteiger partial charge in [-0.05, 0) is 37.8 Å². The lowest BCUT2D eigenvalue weighted by Crippen LogP contribution is -2.47. The highest BCUT2D eigenvalue weighted by atomic mass is 32.2. The van der Waals surface area contributed by atoms with Crippen molar-refractivity contribution < 1.29 is 18.9 Å². The second kappa shape index (κ2) is 12.8. The molecule has 4 heterocycles. The molecule has 210 valence electrons. The van der Waals surface area contributed by atoms with E-state index in [0.29, 0.717) is 13.2 Å². The maximum atomic E-state index is 6.78. The molecule has 6 nitrogen and oxygen atoms in total. The highest BCUT2D eigenvalue weighted by Crippen LogP contribution is 2.45. The SMILES string of the molecule is CC1(C)O[C@@H]2[C@@H](O1)[C@@H](OCc1cncs1)[C@@H](Cc1ccccc1)S[C@H](Cc1ccccc1)[C@@H]2OCc1cncs1. The van der Waals surface area contributed by atoms with Crippen molar-refractivity contribution in [3.05, 3.63) is 105 Å². The predicted molar refractivity (Wildman–Crippen MR) is 161 cm³/mol. The van der Waals surface area contributed by atoms with Gasteiger partial charge in [-0.25, -0.2) is 0 Å². The van der Waals surface area contributed by atoms with Crippen LogP contribution in [0.15, 0.2) is 84.1 Å². The lowest BCUT2D eigenvalue weighted by molar-refractivity contribution is -0.167. The van der Waals surface area contributed by atoms with E-state index in [4.69, 9.17) is 18.9 Å². The summed E-state index contributed by atoms with van der Waals surface area (Å²) in [6, 6.07) is 21.3. The Hall–Kier alpha value is -2.11. The maximum Gasteiger partial charge on any atom is 0.164 e. The molecule has 6 rings (SSSR count). The van der Waals surface area contributed by atoms with Gasteiger partial charge < -0.3 is 18.9 Å². The number of thiazole rings is 2. The molecule has 2 fully saturated rings. The van der Waals surface area contributed by atoms with Crippen molar-refractivity contribution in [3.8, 4) is 0 Å². The first-order chi connectivity index (χ1) is 19.5. The van der Waals surface area contributed by atoms with Gasteiger partial charge in [0.2, 0.25) is 0 Å². The third-order valence-corrected chi connectivity index (χ3v) is 10.3. The molecule has 0 aliphatic carbocycles. The summed E-state index contributed by atoms with van der Waals surface area (Å²) >= 11 is 5.18. The zero-order valence-corrected chi connectivity index (χ0v) is 25.1. The normalized spacial score (nSPS) is 27.8. The Morgan fingerprint density at radius 3 is 1.55 bits per heavy atom. The Kier molecular flexibility index (Phi) is 8.98. The number of fused-ring (bicyclic) bond motifs is 1. The van der Waals surface area contributed by atoms with Gasteiger partial charge in [0, 0.05) is 22.9 Å². The molecule has 0 N–H and O–H groups in total. The summed E-state index contributed by atoms with van der Waals surface area (Å²) in [6.07, 6.45) is 4.52. The van der Waals surface area contributed by atoms with Gasteiger partial charge in [0.05, 0.1) is 46.2 Å². The summed E-state index contributed by atoms with van der Waals surface area (Å²) in [6.45, 7) is 4.97. The second-order valence-electron chi connectivity index (χ2n) is 10.6. The van der Waals surface area contributed by atoms with Crippen molar-refractivity contribution in [1.29, 1.82) is 0 Å². The van der Waals surface area contributed by atoms with E-state index in [9.17, 15) is 0 Å². The van der Waals surface area contributed by atoms with Crippen molar-refractivity contribution in [2.75, 3.05) is 0 Å². The standard InChI is InChI=1S/C31H34N2O4S3/c1-31(2)36-29-27(34-17-23-15-32-19-38-23)25(13-21-9-5-3-6-10-21)40-26(14-22-11-7-4-8-12-22)28(30(29)37-31)35-18-24-16-33-20-39-24/h3-12,15-16,19-20,25-30H,13-14,17-18H2,1-2H3/t25-,26-,27+,28+,29+,30+/m1/s1. The zero-order valence-electron chi connectivity index (χ0n) is 22.6. The molecule has 2 aliphatic rings. The first kappa shape index (κ1) is 28.0. The Morgan fingerprint density at radius 2 is 1.15 bits per heavy atom. The Bertz CT molecular complexity index is 1210. The quantitative estimate of drug-likeness (QED) is 0.206. The molecule has 2 saturated heterocycles. The minimum Gasteiger partial charge on any atom is -0.369 e. The van der Waals surface area contributed by atoms with Gasteiger partial charge in [0.15, 0.2) is 5.79 Å². The number of ether oxygens (including phenoxy) is 4. The first-order valence-corrected chi connectivity index (χ1v) is 16.3. The van der Waals surface area contributed by atoms with Crippen LogP contribution in [-0.2, 0) is 45.0 Å². The number of rotatable bonds is 10. The van der Waals surface area contributed by atoms with Gasteiger partial charge in [-0.1, -0.05) is 60.7 Å². The number of aromatic nitrogens is 2. The van der Waals surface area contributed by atoms with E-state index < -0.39 is 5.79 Å². The van der Waals surface area contributed by atoms with E-state index in [-0.39, 0.29) is 34.9 Å². The minimum absolute atomic E-state index is 0.131. The van der Waals surface area contributed by atoms with Crippen molar-refractivity contribution in [2.45, 2.75) is 80.6 Å². The summed E-state index contributed by atoms with van der Waals surface area (Å²) in [4.78, 5) is 10.7. The molecule has 0 amide bonds. The van der Waals surface area contributed by atoms with Gasteiger partial charge in [-0.2, -0.15) is 0 Å². The molecule has 2 aromatic carbocycles.